The van der Waals surface area contributed by atoms with Gasteiger partial charge in [0.25, 0.3) is 8.32 Å². The number of ether oxygens (including phenoxy) is 1. The van der Waals surface area contributed by atoms with Crippen LogP contribution in [0.1, 0.15) is 33.6 Å². The SMILES string of the molecule is CC(C)(C)[Si](OC[C@@H]1CC[C@H](Sc2ccccc2)O1)(c1ccccc1)c1ccccc1. The van der Waals surface area contributed by atoms with E-state index in [1.807, 2.05) is 11.8 Å². The second-order valence-corrected chi connectivity index (χ2v) is 14.7. The zero-order valence-electron chi connectivity index (χ0n) is 18.7. The second-order valence-electron chi connectivity index (χ2n) is 9.17. The molecule has 3 aromatic rings. The third kappa shape index (κ3) is 4.98. The van der Waals surface area contributed by atoms with Gasteiger partial charge >= 0.3 is 0 Å². The molecule has 0 aromatic heterocycles. The van der Waals surface area contributed by atoms with E-state index in [-0.39, 0.29) is 16.6 Å². The minimum absolute atomic E-state index is 0.00744. The van der Waals surface area contributed by atoms with Gasteiger partial charge in [0.05, 0.1) is 12.7 Å². The number of hydrogen-bond acceptors (Lipinski definition) is 3. The molecule has 0 saturated carbocycles. The number of thioether (sulfide) groups is 1. The standard InChI is InChI=1S/C27H32O2SSi/c1-27(2,3)31(24-15-9-5-10-16-24,25-17-11-6-12-18-25)28-21-22-19-20-26(29-22)30-23-13-7-4-8-14-23/h4-18,22,26H,19-21H2,1-3H3/t22-,26-/m0/s1. The van der Waals surface area contributed by atoms with Crippen molar-refractivity contribution in [1.82, 2.24) is 0 Å². The lowest BCUT2D eigenvalue weighted by molar-refractivity contribution is 0.0512. The largest absolute Gasteiger partial charge is 0.405 e. The van der Waals surface area contributed by atoms with Crippen molar-refractivity contribution in [2.45, 2.75) is 55.1 Å². The molecular formula is C27H32O2SSi. The molecule has 4 rings (SSSR count). The molecule has 2 atom stereocenters. The molecule has 0 amide bonds. The fourth-order valence-electron chi connectivity index (χ4n) is 4.51. The van der Waals surface area contributed by atoms with Crippen LogP contribution in [0.2, 0.25) is 5.04 Å². The summed E-state index contributed by atoms with van der Waals surface area (Å²) in [5, 5.41) is 2.63. The zero-order valence-corrected chi connectivity index (χ0v) is 20.5. The van der Waals surface area contributed by atoms with E-state index in [0.717, 1.165) is 12.8 Å². The first kappa shape index (κ1) is 22.3. The number of benzene rings is 3. The highest BCUT2D eigenvalue weighted by atomic mass is 32.2. The van der Waals surface area contributed by atoms with Gasteiger partial charge < -0.3 is 9.16 Å². The van der Waals surface area contributed by atoms with Crippen LogP contribution in [0, 0.1) is 0 Å². The average Bonchev–Trinajstić information content (AvgIpc) is 3.23. The van der Waals surface area contributed by atoms with Crippen molar-refractivity contribution in [3.05, 3.63) is 91.0 Å². The molecule has 0 radical (unpaired) electrons. The summed E-state index contributed by atoms with van der Waals surface area (Å²) >= 11 is 1.82. The van der Waals surface area contributed by atoms with Crippen LogP contribution in [0.3, 0.4) is 0 Å². The molecule has 4 heteroatoms. The maximum Gasteiger partial charge on any atom is 0.261 e. The highest BCUT2D eigenvalue weighted by Crippen LogP contribution is 2.38. The molecule has 31 heavy (non-hydrogen) atoms. The maximum atomic E-state index is 7.05. The Morgan fingerprint density at radius 2 is 1.32 bits per heavy atom. The summed E-state index contributed by atoms with van der Waals surface area (Å²) in [6.45, 7) is 7.60. The predicted octanol–water partition coefficient (Wildman–Crippen LogP) is 5.86. The lowest BCUT2D eigenvalue weighted by Crippen LogP contribution is -2.67. The molecule has 0 bridgehead atoms. The molecule has 1 saturated heterocycles. The van der Waals surface area contributed by atoms with Gasteiger partial charge in [0.15, 0.2) is 0 Å². The van der Waals surface area contributed by atoms with E-state index in [9.17, 15) is 0 Å². The lowest BCUT2D eigenvalue weighted by atomic mass is 10.2. The highest BCUT2D eigenvalue weighted by molar-refractivity contribution is 7.99. The molecule has 1 aliphatic heterocycles. The Kier molecular flexibility index (Phi) is 7.02. The van der Waals surface area contributed by atoms with Gasteiger partial charge in [-0.15, -0.1) is 0 Å². The first-order valence-electron chi connectivity index (χ1n) is 11.1. The van der Waals surface area contributed by atoms with Gasteiger partial charge in [0, 0.05) is 4.90 Å². The fourth-order valence-corrected chi connectivity index (χ4v) is 10.2. The first-order chi connectivity index (χ1) is 15.0. The second kappa shape index (κ2) is 9.74. The van der Waals surface area contributed by atoms with Crippen LogP contribution in [0.15, 0.2) is 95.9 Å². The van der Waals surface area contributed by atoms with E-state index in [1.165, 1.54) is 15.3 Å². The van der Waals surface area contributed by atoms with Gasteiger partial charge in [-0.1, -0.05) is 111 Å². The Morgan fingerprint density at radius 3 is 1.84 bits per heavy atom. The Labute approximate surface area is 192 Å². The van der Waals surface area contributed by atoms with E-state index in [2.05, 4.69) is 112 Å². The summed E-state index contributed by atoms with van der Waals surface area (Å²) in [5.41, 5.74) is 0.204. The van der Waals surface area contributed by atoms with E-state index >= 15 is 0 Å². The van der Waals surface area contributed by atoms with Gasteiger partial charge in [0.2, 0.25) is 0 Å². The average molecular weight is 449 g/mol. The van der Waals surface area contributed by atoms with Crippen LogP contribution < -0.4 is 10.4 Å². The Morgan fingerprint density at radius 1 is 0.806 bits per heavy atom. The third-order valence-electron chi connectivity index (χ3n) is 5.98. The van der Waals surface area contributed by atoms with Crippen molar-refractivity contribution in [2.75, 3.05) is 6.61 Å². The molecule has 0 aliphatic carbocycles. The summed E-state index contributed by atoms with van der Waals surface area (Å²) < 4.78 is 13.5. The fraction of sp³-hybridized carbons (Fsp3) is 0.333. The molecular weight excluding hydrogens is 416 g/mol. The molecule has 0 unspecified atom stereocenters. The van der Waals surface area contributed by atoms with Crippen molar-refractivity contribution >= 4 is 30.5 Å². The van der Waals surface area contributed by atoms with Crippen molar-refractivity contribution in [2.24, 2.45) is 0 Å². The Bertz CT molecular complexity index is 902. The van der Waals surface area contributed by atoms with Crippen molar-refractivity contribution in [1.29, 1.82) is 0 Å². The molecule has 2 nitrogen and oxygen atoms in total. The van der Waals surface area contributed by atoms with Crippen molar-refractivity contribution in [3.8, 4) is 0 Å². The lowest BCUT2D eigenvalue weighted by Gasteiger charge is -2.43. The van der Waals surface area contributed by atoms with E-state index in [4.69, 9.17) is 9.16 Å². The number of hydrogen-bond donors (Lipinski definition) is 0. The Hall–Kier alpha value is -1.85. The molecule has 162 valence electrons. The number of rotatable bonds is 7. The van der Waals surface area contributed by atoms with Crippen molar-refractivity contribution in [3.63, 3.8) is 0 Å². The van der Waals surface area contributed by atoms with Crippen LogP contribution in [0.25, 0.3) is 0 Å². The minimum Gasteiger partial charge on any atom is -0.405 e. The third-order valence-corrected chi connectivity index (χ3v) is 12.1. The normalized spacial score (nSPS) is 19.5. The summed E-state index contributed by atoms with van der Waals surface area (Å²) in [7, 11) is -2.50. The maximum absolute atomic E-state index is 7.05. The van der Waals surface area contributed by atoms with Crippen LogP contribution in [0.4, 0.5) is 0 Å². The summed E-state index contributed by atoms with van der Waals surface area (Å²) in [6.07, 6.45) is 2.25. The smallest absolute Gasteiger partial charge is 0.261 e. The van der Waals surface area contributed by atoms with Crippen LogP contribution in [0.5, 0.6) is 0 Å². The minimum atomic E-state index is -2.50. The summed E-state index contributed by atoms with van der Waals surface area (Å²) in [5.74, 6) is 0. The topological polar surface area (TPSA) is 18.5 Å². The van der Waals surface area contributed by atoms with Gasteiger partial charge in [-0.3, -0.25) is 0 Å². The van der Waals surface area contributed by atoms with Crippen LogP contribution in [-0.4, -0.2) is 26.5 Å². The summed E-state index contributed by atoms with van der Waals surface area (Å²) in [6, 6.07) is 32.2. The monoisotopic (exact) mass is 448 g/mol. The summed E-state index contributed by atoms with van der Waals surface area (Å²) in [4.78, 5) is 1.26. The molecule has 0 spiro atoms. The van der Waals surface area contributed by atoms with Gasteiger partial charge in [0.1, 0.15) is 5.44 Å². The van der Waals surface area contributed by atoms with E-state index in [0.29, 0.717) is 6.61 Å². The molecule has 3 aromatic carbocycles. The quantitative estimate of drug-likeness (QED) is 0.422. The zero-order chi connectivity index (χ0) is 21.7. The van der Waals surface area contributed by atoms with Gasteiger partial charge in [-0.2, -0.15) is 0 Å². The Balaban J connectivity index is 1.55. The predicted molar refractivity (Wildman–Crippen MR) is 134 cm³/mol. The van der Waals surface area contributed by atoms with E-state index < -0.39 is 8.32 Å². The van der Waals surface area contributed by atoms with Crippen LogP contribution >= 0.6 is 11.8 Å². The highest BCUT2D eigenvalue weighted by Gasteiger charge is 2.50. The van der Waals surface area contributed by atoms with Crippen molar-refractivity contribution < 1.29 is 9.16 Å². The van der Waals surface area contributed by atoms with Gasteiger partial charge in [-0.25, -0.2) is 0 Å². The molecule has 1 aliphatic rings. The first-order valence-corrected chi connectivity index (χ1v) is 13.9. The molecule has 0 N–H and O–H groups in total. The van der Waals surface area contributed by atoms with E-state index in [1.54, 1.807) is 0 Å². The van der Waals surface area contributed by atoms with Gasteiger partial charge in [-0.05, 0) is 40.4 Å². The molecule has 1 heterocycles. The molecule has 1 fully saturated rings. The van der Waals surface area contributed by atoms with Crippen LogP contribution in [-0.2, 0) is 9.16 Å².